The molecule has 0 aromatic heterocycles. The number of hydrogen-bond acceptors (Lipinski definition) is 5. The van der Waals surface area contributed by atoms with Crippen molar-refractivity contribution in [2.45, 2.75) is 20.0 Å². The molecule has 0 spiro atoms. The first kappa shape index (κ1) is 12.9. The fraction of sp³-hybridized carbons (Fsp3) is 0.300. The molecule has 0 radical (unpaired) electrons. The van der Waals surface area contributed by atoms with E-state index in [0.29, 0.717) is 0 Å². The Bertz CT molecular complexity index is 447. The molecule has 0 aliphatic carbocycles. The molecule has 0 unspecified atom stereocenters. The maximum Gasteiger partial charge on any atom is 0.311 e. The predicted octanol–water partition coefficient (Wildman–Crippen LogP) is 0.660. The Morgan fingerprint density at radius 3 is 2.76 bits per heavy atom. The number of ether oxygens (including phenoxy) is 1. The van der Waals surface area contributed by atoms with E-state index in [4.69, 9.17) is 10.6 Å². The van der Waals surface area contributed by atoms with Gasteiger partial charge in [0.1, 0.15) is 0 Å². The minimum Gasteiger partial charge on any atom is -0.474 e. The molecule has 1 atom stereocenters. The summed E-state index contributed by atoms with van der Waals surface area (Å²) in [6.45, 7) is 3.18. The lowest BCUT2D eigenvalue weighted by atomic mass is 10.2. The zero-order valence-corrected chi connectivity index (χ0v) is 9.47. The lowest BCUT2D eigenvalue weighted by Gasteiger charge is -2.13. The van der Waals surface area contributed by atoms with Crippen molar-refractivity contribution in [3.8, 4) is 5.75 Å². The van der Waals surface area contributed by atoms with Crippen molar-refractivity contribution >= 4 is 11.6 Å². The van der Waals surface area contributed by atoms with E-state index < -0.39 is 16.9 Å². The molecule has 0 saturated carbocycles. The number of nitrogens with two attached hydrogens (primary N) is 1. The quantitative estimate of drug-likeness (QED) is 0.347. The molecule has 1 aromatic carbocycles. The number of hydrogen-bond donors (Lipinski definition) is 2. The lowest BCUT2D eigenvalue weighted by Crippen LogP contribution is -2.40. The largest absolute Gasteiger partial charge is 0.474 e. The zero-order chi connectivity index (χ0) is 13.0. The molecule has 1 rings (SSSR count). The van der Waals surface area contributed by atoms with Crippen molar-refractivity contribution in [3.05, 3.63) is 33.9 Å². The van der Waals surface area contributed by atoms with Crippen LogP contribution in [0.5, 0.6) is 5.75 Å². The molecule has 0 heterocycles. The van der Waals surface area contributed by atoms with Crippen LogP contribution in [-0.2, 0) is 4.79 Å². The molecule has 92 valence electrons. The van der Waals surface area contributed by atoms with Crippen LogP contribution >= 0.6 is 0 Å². The summed E-state index contributed by atoms with van der Waals surface area (Å²) < 4.78 is 5.18. The fourth-order valence-electron chi connectivity index (χ4n) is 1.23. The SMILES string of the molecule is Cc1ccc(O[C@@H](C)C(=O)NN)c([N+](=O)[O-])c1. The van der Waals surface area contributed by atoms with E-state index in [0.717, 1.165) is 5.56 Å². The highest BCUT2D eigenvalue weighted by molar-refractivity contribution is 5.80. The third kappa shape index (κ3) is 3.15. The first-order chi connectivity index (χ1) is 7.95. The van der Waals surface area contributed by atoms with Crippen LogP contribution in [0.2, 0.25) is 0 Å². The molecular formula is C10H13N3O4. The molecule has 0 fully saturated rings. The van der Waals surface area contributed by atoms with Gasteiger partial charge in [-0.25, -0.2) is 5.84 Å². The number of nitro groups is 1. The third-order valence-electron chi connectivity index (χ3n) is 2.13. The summed E-state index contributed by atoms with van der Waals surface area (Å²) in [5, 5.41) is 10.8. The Morgan fingerprint density at radius 1 is 1.59 bits per heavy atom. The van der Waals surface area contributed by atoms with Crippen LogP contribution in [0.4, 0.5) is 5.69 Å². The van der Waals surface area contributed by atoms with Gasteiger partial charge in [-0.15, -0.1) is 0 Å². The maximum absolute atomic E-state index is 11.1. The number of nitro benzene ring substituents is 1. The van der Waals surface area contributed by atoms with Crippen LogP contribution in [0.25, 0.3) is 0 Å². The average molecular weight is 239 g/mol. The second-order valence-corrected chi connectivity index (χ2v) is 3.50. The van der Waals surface area contributed by atoms with Gasteiger partial charge in [-0.1, -0.05) is 6.07 Å². The van der Waals surface area contributed by atoms with Crippen molar-refractivity contribution in [2.24, 2.45) is 5.84 Å². The van der Waals surface area contributed by atoms with Crippen molar-refractivity contribution in [1.29, 1.82) is 0 Å². The number of nitrogens with one attached hydrogen (secondary N) is 1. The van der Waals surface area contributed by atoms with E-state index in [1.165, 1.54) is 19.1 Å². The number of hydrazine groups is 1. The second-order valence-electron chi connectivity index (χ2n) is 3.50. The summed E-state index contributed by atoms with van der Waals surface area (Å²) in [4.78, 5) is 21.4. The second kappa shape index (κ2) is 5.26. The Morgan fingerprint density at radius 2 is 2.24 bits per heavy atom. The predicted molar refractivity (Wildman–Crippen MR) is 60.3 cm³/mol. The first-order valence-corrected chi connectivity index (χ1v) is 4.88. The molecule has 1 amide bonds. The molecule has 17 heavy (non-hydrogen) atoms. The van der Waals surface area contributed by atoms with Crippen molar-refractivity contribution in [2.75, 3.05) is 0 Å². The Balaban J connectivity index is 2.98. The summed E-state index contributed by atoms with van der Waals surface area (Å²) >= 11 is 0. The van der Waals surface area contributed by atoms with Crippen LogP contribution in [0.1, 0.15) is 12.5 Å². The fourth-order valence-corrected chi connectivity index (χ4v) is 1.23. The molecule has 0 aliphatic heterocycles. The highest BCUT2D eigenvalue weighted by Gasteiger charge is 2.20. The number of carbonyl (C=O) groups is 1. The average Bonchev–Trinajstić information content (AvgIpc) is 2.29. The van der Waals surface area contributed by atoms with Crippen molar-refractivity contribution < 1.29 is 14.5 Å². The highest BCUT2D eigenvalue weighted by Crippen LogP contribution is 2.28. The van der Waals surface area contributed by atoms with Gasteiger partial charge >= 0.3 is 5.69 Å². The van der Waals surface area contributed by atoms with Gasteiger partial charge in [0.25, 0.3) is 5.91 Å². The minimum atomic E-state index is -0.901. The van der Waals surface area contributed by atoms with Gasteiger partial charge < -0.3 is 4.74 Å². The highest BCUT2D eigenvalue weighted by atomic mass is 16.6. The summed E-state index contributed by atoms with van der Waals surface area (Å²) in [5.74, 6) is 4.42. The molecule has 0 bridgehead atoms. The molecule has 1 aromatic rings. The van der Waals surface area contributed by atoms with E-state index in [2.05, 4.69) is 0 Å². The minimum absolute atomic E-state index is 0.0386. The number of rotatable bonds is 4. The van der Waals surface area contributed by atoms with Crippen molar-refractivity contribution in [3.63, 3.8) is 0 Å². The number of benzene rings is 1. The number of amides is 1. The maximum atomic E-state index is 11.1. The summed E-state index contributed by atoms with van der Waals surface area (Å²) in [7, 11) is 0. The molecule has 0 aliphatic rings. The Labute approximate surface area is 97.7 Å². The van der Waals surface area contributed by atoms with E-state index in [-0.39, 0.29) is 11.4 Å². The zero-order valence-electron chi connectivity index (χ0n) is 9.47. The van der Waals surface area contributed by atoms with Gasteiger partial charge in [0.15, 0.2) is 11.9 Å². The van der Waals surface area contributed by atoms with E-state index in [1.54, 1.807) is 13.0 Å². The van der Waals surface area contributed by atoms with Gasteiger partial charge in [-0.2, -0.15) is 0 Å². The van der Waals surface area contributed by atoms with Crippen LogP contribution in [0.15, 0.2) is 18.2 Å². The van der Waals surface area contributed by atoms with Gasteiger partial charge in [0.2, 0.25) is 0 Å². The van der Waals surface area contributed by atoms with Gasteiger partial charge in [-0.05, 0) is 25.5 Å². The lowest BCUT2D eigenvalue weighted by molar-refractivity contribution is -0.386. The Kier molecular flexibility index (Phi) is 4.00. The van der Waals surface area contributed by atoms with Gasteiger partial charge in [0.05, 0.1) is 4.92 Å². The van der Waals surface area contributed by atoms with E-state index >= 15 is 0 Å². The normalized spacial score (nSPS) is 11.7. The summed E-state index contributed by atoms with van der Waals surface area (Å²) in [6, 6.07) is 4.49. The van der Waals surface area contributed by atoms with Crippen LogP contribution in [0, 0.1) is 17.0 Å². The molecule has 3 N–H and O–H groups in total. The van der Waals surface area contributed by atoms with Crippen LogP contribution in [-0.4, -0.2) is 16.9 Å². The summed E-state index contributed by atoms with van der Waals surface area (Å²) in [6.07, 6.45) is -0.901. The van der Waals surface area contributed by atoms with Crippen LogP contribution < -0.4 is 16.0 Å². The standard InChI is InChI=1S/C10H13N3O4/c1-6-3-4-9(8(5-6)13(15)16)17-7(2)10(14)12-11/h3-5,7H,11H2,1-2H3,(H,12,14)/t7-/m0/s1. The van der Waals surface area contributed by atoms with Gasteiger partial charge in [-0.3, -0.25) is 20.3 Å². The third-order valence-corrected chi connectivity index (χ3v) is 2.13. The van der Waals surface area contributed by atoms with E-state index in [9.17, 15) is 14.9 Å². The molecular weight excluding hydrogens is 226 g/mol. The number of carbonyl (C=O) groups excluding carboxylic acids is 1. The Hall–Kier alpha value is -2.15. The monoisotopic (exact) mass is 239 g/mol. The van der Waals surface area contributed by atoms with Crippen LogP contribution in [0.3, 0.4) is 0 Å². The molecule has 7 nitrogen and oxygen atoms in total. The smallest absolute Gasteiger partial charge is 0.311 e. The van der Waals surface area contributed by atoms with Crippen molar-refractivity contribution in [1.82, 2.24) is 5.43 Å². The topological polar surface area (TPSA) is 107 Å². The number of aryl methyl sites for hydroxylation is 1. The molecule has 7 heteroatoms. The molecule has 0 saturated heterocycles. The van der Waals surface area contributed by atoms with Gasteiger partial charge in [0, 0.05) is 6.07 Å². The first-order valence-electron chi connectivity index (χ1n) is 4.88. The van der Waals surface area contributed by atoms with E-state index in [1.807, 2.05) is 5.43 Å². The number of nitrogens with zero attached hydrogens (tertiary/aromatic N) is 1. The summed E-state index contributed by atoms with van der Waals surface area (Å²) in [5.41, 5.74) is 2.47.